The van der Waals surface area contributed by atoms with E-state index in [0.717, 1.165) is 12.2 Å². The van der Waals surface area contributed by atoms with Gasteiger partial charge in [0.1, 0.15) is 5.82 Å². The van der Waals surface area contributed by atoms with Crippen molar-refractivity contribution in [3.8, 4) is 0 Å². The monoisotopic (exact) mass is 281 g/mol. The van der Waals surface area contributed by atoms with Crippen molar-refractivity contribution in [1.82, 2.24) is 24.5 Å². The maximum Gasteiger partial charge on any atom is 0.230 e. The van der Waals surface area contributed by atoms with Gasteiger partial charge in [-0.15, -0.1) is 0 Å². The first-order chi connectivity index (χ1) is 9.06. The minimum Gasteiger partial charge on any atom is -0.354 e. The molecule has 0 amide bonds. The lowest BCUT2D eigenvalue weighted by molar-refractivity contribution is 0.786. The first-order valence-electron chi connectivity index (χ1n) is 5.85. The number of nitrogens with one attached hydrogen (secondary N) is 1. The van der Waals surface area contributed by atoms with Crippen LogP contribution in [0.2, 0.25) is 5.28 Å². The van der Waals surface area contributed by atoms with E-state index >= 15 is 0 Å². The van der Waals surface area contributed by atoms with E-state index in [-0.39, 0.29) is 5.28 Å². The summed E-state index contributed by atoms with van der Waals surface area (Å²) in [5.74, 6) is 2.00. The Kier molecular flexibility index (Phi) is 4.16. The molecule has 0 aliphatic rings. The summed E-state index contributed by atoms with van der Waals surface area (Å²) in [6.45, 7) is 0.679. The zero-order chi connectivity index (χ0) is 13.8. The Hall–Kier alpha value is -1.89. The van der Waals surface area contributed by atoms with Gasteiger partial charge in [-0.25, -0.2) is 4.98 Å². The largest absolute Gasteiger partial charge is 0.354 e. The first kappa shape index (κ1) is 13.5. The van der Waals surface area contributed by atoms with Gasteiger partial charge in [0.05, 0.1) is 0 Å². The molecule has 2 aromatic heterocycles. The Bertz CT molecular complexity index is 552. The molecular formula is C11H16ClN7. The summed E-state index contributed by atoms with van der Waals surface area (Å²) in [6, 6.07) is 0. The molecule has 1 N–H and O–H groups in total. The molecule has 0 aliphatic heterocycles. The lowest BCUT2D eigenvalue weighted by Crippen LogP contribution is -2.16. The Balaban J connectivity index is 1.98. The zero-order valence-corrected chi connectivity index (χ0v) is 11.9. The van der Waals surface area contributed by atoms with Crippen LogP contribution in [0.1, 0.15) is 5.82 Å². The molecule has 0 unspecified atom stereocenters. The minimum atomic E-state index is 0.179. The molecule has 102 valence electrons. The molecule has 0 aromatic carbocycles. The molecule has 7 nitrogen and oxygen atoms in total. The number of anilines is 2. The van der Waals surface area contributed by atoms with Crippen LogP contribution in [0.4, 0.5) is 11.9 Å². The molecule has 8 heteroatoms. The maximum atomic E-state index is 5.85. The molecule has 0 atom stereocenters. The third kappa shape index (κ3) is 3.54. The van der Waals surface area contributed by atoms with Crippen molar-refractivity contribution in [3.05, 3.63) is 23.5 Å². The third-order valence-electron chi connectivity index (χ3n) is 2.55. The molecular weight excluding hydrogens is 266 g/mol. The van der Waals surface area contributed by atoms with E-state index in [9.17, 15) is 0 Å². The average molecular weight is 282 g/mol. The summed E-state index contributed by atoms with van der Waals surface area (Å²) in [5.41, 5.74) is 0. The third-order valence-corrected chi connectivity index (χ3v) is 2.72. The van der Waals surface area contributed by atoms with Crippen LogP contribution in [0.15, 0.2) is 12.4 Å². The van der Waals surface area contributed by atoms with Crippen LogP contribution in [-0.2, 0) is 13.5 Å². The van der Waals surface area contributed by atoms with Gasteiger partial charge in [0.15, 0.2) is 0 Å². The van der Waals surface area contributed by atoms with Crippen molar-refractivity contribution < 1.29 is 0 Å². The highest BCUT2D eigenvalue weighted by molar-refractivity contribution is 6.28. The topological polar surface area (TPSA) is 71.8 Å². The molecule has 2 aromatic rings. The number of rotatable bonds is 5. The van der Waals surface area contributed by atoms with Crippen LogP contribution in [-0.4, -0.2) is 45.1 Å². The van der Waals surface area contributed by atoms with E-state index in [4.69, 9.17) is 11.6 Å². The Morgan fingerprint density at radius 3 is 2.74 bits per heavy atom. The van der Waals surface area contributed by atoms with Crippen LogP contribution in [0.3, 0.4) is 0 Å². The molecule has 2 rings (SSSR count). The van der Waals surface area contributed by atoms with Gasteiger partial charge < -0.3 is 14.8 Å². The van der Waals surface area contributed by atoms with Crippen LogP contribution in [0.25, 0.3) is 0 Å². The fourth-order valence-electron chi connectivity index (χ4n) is 1.54. The van der Waals surface area contributed by atoms with Gasteiger partial charge >= 0.3 is 0 Å². The van der Waals surface area contributed by atoms with E-state index in [1.807, 2.05) is 31.9 Å². The fourth-order valence-corrected chi connectivity index (χ4v) is 1.70. The summed E-state index contributed by atoms with van der Waals surface area (Å²) in [5, 5.41) is 3.30. The number of hydrogen-bond acceptors (Lipinski definition) is 6. The van der Waals surface area contributed by atoms with Gasteiger partial charge in [-0.3, -0.25) is 0 Å². The van der Waals surface area contributed by atoms with Crippen molar-refractivity contribution in [1.29, 1.82) is 0 Å². The van der Waals surface area contributed by atoms with Crippen LogP contribution in [0.5, 0.6) is 0 Å². The van der Waals surface area contributed by atoms with E-state index < -0.39 is 0 Å². The highest BCUT2D eigenvalue weighted by Gasteiger charge is 2.06. The van der Waals surface area contributed by atoms with Crippen LogP contribution >= 0.6 is 11.6 Å². The van der Waals surface area contributed by atoms with Gasteiger partial charge in [0.2, 0.25) is 17.2 Å². The van der Waals surface area contributed by atoms with E-state index in [1.165, 1.54) is 0 Å². The van der Waals surface area contributed by atoms with Crippen molar-refractivity contribution in [2.45, 2.75) is 6.42 Å². The Morgan fingerprint density at radius 2 is 2.11 bits per heavy atom. The standard InChI is InChI=1S/C11H16ClN7/c1-18(2)11-16-9(12)15-10(17-11)14-5-4-8-13-6-7-19(8)3/h6-7H,4-5H2,1-3H3,(H,14,15,16,17). The van der Waals surface area contributed by atoms with Crippen molar-refractivity contribution in [3.63, 3.8) is 0 Å². The van der Waals surface area contributed by atoms with Crippen LogP contribution in [0, 0.1) is 0 Å². The molecule has 0 aliphatic carbocycles. The molecule has 0 spiro atoms. The molecule has 0 fully saturated rings. The maximum absolute atomic E-state index is 5.85. The van der Waals surface area contributed by atoms with Crippen LogP contribution < -0.4 is 10.2 Å². The van der Waals surface area contributed by atoms with Gasteiger partial charge in [0, 0.05) is 46.5 Å². The Labute approximate surface area is 116 Å². The quantitative estimate of drug-likeness (QED) is 0.881. The number of imidazole rings is 1. The number of halogens is 1. The average Bonchev–Trinajstić information content (AvgIpc) is 2.74. The lowest BCUT2D eigenvalue weighted by atomic mass is 10.4. The van der Waals surface area contributed by atoms with Gasteiger partial charge in [-0.05, 0) is 11.6 Å². The van der Waals surface area contributed by atoms with E-state index in [1.54, 1.807) is 11.1 Å². The van der Waals surface area contributed by atoms with Crippen molar-refractivity contribution >= 4 is 23.5 Å². The van der Waals surface area contributed by atoms with E-state index in [0.29, 0.717) is 18.4 Å². The smallest absolute Gasteiger partial charge is 0.230 e. The second kappa shape index (κ2) is 5.83. The lowest BCUT2D eigenvalue weighted by Gasteiger charge is -2.11. The second-order valence-corrected chi connectivity index (χ2v) is 4.59. The summed E-state index contributed by atoms with van der Waals surface area (Å²) in [7, 11) is 5.67. The molecule has 0 saturated heterocycles. The first-order valence-corrected chi connectivity index (χ1v) is 6.23. The summed E-state index contributed by atoms with van der Waals surface area (Å²) in [6.07, 6.45) is 4.47. The van der Waals surface area contributed by atoms with Crippen molar-refractivity contribution in [2.24, 2.45) is 7.05 Å². The minimum absolute atomic E-state index is 0.179. The molecule has 2 heterocycles. The molecule has 19 heavy (non-hydrogen) atoms. The normalized spacial score (nSPS) is 10.5. The van der Waals surface area contributed by atoms with Gasteiger partial charge in [-0.1, -0.05) is 0 Å². The second-order valence-electron chi connectivity index (χ2n) is 4.25. The number of nitrogens with zero attached hydrogens (tertiary/aromatic N) is 6. The number of aromatic nitrogens is 5. The number of aryl methyl sites for hydroxylation is 1. The summed E-state index contributed by atoms with van der Waals surface area (Å²) >= 11 is 5.85. The van der Waals surface area contributed by atoms with Crippen molar-refractivity contribution in [2.75, 3.05) is 30.9 Å². The van der Waals surface area contributed by atoms with Gasteiger partial charge in [-0.2, -0.15) is 15.0 Å². The summed E-state index contributed by atoms with van der Waals surface area (Å²) in [4.78, 5) is 18.3. The van der Waals surface area contributed by atoms with E-state index in [2.05, 4.69) is 25.3 Å². The SMILES string of the molecule is CN(C)c1nc(Cl)nc(NCCc2nccn2C)n1. The summed E-state index contributed by atoms with van der Waals surface area (Å²) < 4.78 is 1.98. The van der Waals surface area contributed by atoms with Gasteiger partial charge in [0.25, 0.3) is 0 Å². The fraction of sp³-hybridized carbons (Fsp3) is 0.455. The molecule has 0 bridgehead atoms. The Morgan fingerprint density at radius 1 is 1.32 bits per heavy atom. The predicted molar refractivity (Wildman–Crippen MR) is 74.6 cm³/mol. The highest BCUT2D eigenvalue weighted by atomic mass is 35.5. The highest BCUT2D eigenvalue weighted by Crippen LogP contribution is 2.11. The molecule has 0 saturated carbocycles. The number of hydrogen-bond donors (Lipinski definition) is 1. The molecule has 0 radical (unpaired) electrons. The predicted octanol–water partition coefficient (Wildman–Crippen LogP) is 0.979. The zero-order valence-electron chi connectivity index (χ0n) is 11.1.